The molecule has 0 unspecified atom stereocenters. The molecule has 50 valence electrons. The van der Waals surface area contributed by atoms with Crippen molar-refractivity contribution >= 4 is 0 Å². The molecule has 0 bridgehead atoms. The van der Waals surface area contributed by atoms with Gasteiger partial charge in [-0.15, -0.1) is 0 Å². The van der Waals surface area contributed by atoms with Gasteiger partial charge in [0.15, 0.2) is 0 Å². The number of hydrogen-bond donors (Lipinski definition) is 0. The highest BCUT2D eigenvalue weighted by Gasteiger charge is 1.96. The normalized spacial score (nSPS) is 21.7. The lowest BCUT2D eigenvalue weighted by atomic mass is 10.2. The first kappa shape index (κ1) is 6.56. The van der Waals surface area contributed by atoms with Crippen molar-refractivity contribution < 1.29 is 4.74 Å². The van der Waals surface area contributed by atoms with Gasteiger partial charge in [-0.2, -0.15) is 0 Å². The molecule has 1 nitrogen and oxygen atoms in total. The SMILES string of the molecule is COC/C=C1\C=CCC1. The van der Waals surface area contributed by atoms with E-state index in [0.717, 1.165) is 6.61 Å². The van der Waals surface area contributed by atoms with Gasteiger partial charge in [0.05, 0.1) is 6.61 Å². The van der Waals surface area contributed by atoms with Gasteiger partial charge >= 0.3 is 0 Å². The summed E-state index contributed by atoms with van der Waals surface area (Å²) in [5.41, 5.74) is 1.41. The van der Waals surface area contributed by atoms with E-state index in [1.54, 1.807) is 7.11 Å². The lowest BCUT2D eigenvalue weighted by Crippen LogP contribution is -1.82. The van der Waals surface area contributed by atoms with Crippen LogP contribution in [0.4, 0.5) is 0 Å². The van der Waals surface area contributed by atoms with E-state index < -0.39 is 0 Å². The van der Waals surface area contributed by atoms with E-state index >= 15 is 0 Å². The second-order valence-corrected chi connectivity index (χ2v) is 2.18. The zero-order chi connectivity index (χ0) is 6.53. The number of hydrogen-bond acceptors (Lipinski definition) is 1. The van der Waals surface area contributed by atoms with E-state index in [9.17, 15) is 0 Å². The molecule has 0 heterocycles. The fourth-order valence-corrected chi connectivity index (χ4v) is 0.929. The van der Waals surface area contributed by atoms with Gasteiger partial charge in [-0.25, -0.2) is 0 Å². The van der Waals surface area contributed by atoms with Crippen LogP contribution in [-0.4, -0.2) is 13.7 Å². The maximum atomic E-state index is 4.89. The monoisotopic (exact) mass is 124 g/mol. The first-order valence-corrected chi connectivity index (χ1v) is 3.28. The van der Waals surface area contributed by atoms with Crippen LogP contribution in [0.2, 0.25) is 0 Å². The molecule has 0 fully saturated rings. The van der Waals surface area contributed by atoms with Crippen molar-refractivity contribution in [1.29, 1.82) is 0 Å². The van der Waals surface area contributed by atoms with E-state index in [1.165, 1.54) is 18.4 Å². The molecule has 1 rings (SSSR count). The van der Waals surface area contributed by atoms with Crippen LogP contribution in [0.3, 0.4) is 0 Å². The van der Waals surface area contributed by atoms with Gasteiger partial charge in [0.25, 0.3) is 0 Å². The third-order valence-electron chi connectivity index (χ3n) is 1.44. The third-order valence-corrected chi connectivity index (χ3v) is 1.44. The molecule has 1 aliphatic rings. The van der Waals surface area contributed by atoms with E-state index in [1.807, 2.05) is 0 Å². The summed E-state index contributed by atoms with van der Waals surface area (Å²) in [6, 6.07) is 0. The Balaban J connectivity index is 2.32. The molecule has 0 aliphatic heterocycles. The summed E-state index contributed by atoms with van der Waals surface area (Å²) in [6.07, 6.45) is 8.89. The Labute approximate surface area is 56.0 Å². The average Bonchev–Trinajstić information content (AvgIpc) is 2.34. The molecule has 0 amide bonds. The molecular formula is C8H12O. The van der Waals surface area contributed by atoms with E-state index in [4.69, 9.17) is 4.74 Å². The van der Waals surface area contributed by atoms with Gasteiger partial charge in [0, 0.05) is 7.11 Å². The molecule has 0 atom stereocenters. The van der Waals surface area contributed by atoms with Crippen LogP contribution in [0.25, 0.3) is 0 Å². The average molecular weight is 124 g/mol. The van der Waals surface area contributed by atoms with Gasteiger partial charge in [-0.3, -0.25) is 0 Å². The minimum atomic E-state index is 0.750. The highest BCUT2D eigenvalue weighted by Crippen LogP contribution is 2.14. The largest absolute Gasteiger partial charge is 0.381 e. The van der Waals surface area contributed by atoms with Gasteiger partial charge in [-0.05, 0) is 18.4 Å². The van der Waals surface area contributed by atoms with E-state index in [2.05, 4.69) is 18.2 Å². The first-order chi connectivity index (χ1) is 4.43. The lowest BCUT2D eigenvalue weighted by molar-refractivity contribution is 0.233. The number of allylic oxidation sites excluding steroid dienone is 3. The summed E-state index contributed by atoms with van der Waals surface area (Å²) >= 11 is 0. The second-order valence-electron chi connectivity index (χ2n) is 2.18. The molecule has 9 heavy (non-hydrogen) atoms. The van der Waals surface area contributed by atoms with Crippen molar-refractivity contribution in [3.63, 3.8) is 0 Å². The molecule has 0 saturated heterocycles. The Kier molecular flexibility index (Phi) is 2.52. The molecule has 0 radical (unpaired) electrons. The smallest absolute Gasteiger partial charge is 0.0649 e. The van der Waals surface area contributed by atoms with Crippen LogP contribution in [0, 0.1) is 0 Å². The predicted molar refractivity (Wildman–Crippen MR) is 38.3 cm³/mol. The summed E-state index contributed by atoms with van der Waals surface area (Å²) in [4.78, 5) is 0. The Morgan fingerprint density at radius 2 is 2.67 bits per heavy atom. The third kappa shape index (κ3) is 2.02. The second kappa shape index (κ2) is 3.46. The summed E-state index contributed by atoms with van der Waals surface area (Å²) in [7, 11) is 1.72. The predicted octanol–water partition coefficient (Wildman–Crippen LogP) is 1.91. The first-order valence-electron chi connectivity index (χ1n) is 3.28. The molecule has 0 aromatic rings. The maximum Gasteiger partial charge on any atom is 0.0649 e. The van der Waals surface area contributed by atoms with Gasteiger partial charge < -0.3 is 4.74 Å². The minimum absolute atomic E-state index is 0.750. The molecule has 0 aromatic heterocycles. The number of ether oxygens (including phenoxy) is 1. The highest BCUT2D eigenvalue weighted by atomic mass is 16.5. The Morgan fingerprint density at radius 1 is 1.78 bits per heavy atom. The van der Waals surface area contributed by atoms with Crippen LogP contribution in [-0.2, 0) is 4.74 Å². The van der Waals surface area contributed by atoms with Crippen LogP contribution < -0.4 is 0 Å². The molecule has 0 saturated carbocycles. The summed E-state index contributed by atoms with van der Waals surface area (Å²) in [6.45, 7) is 0.750. The van der Waals surface area contributed by atoms with Crippen LogP contribution in [0.1, 0.15) is 12.8 Å². The van der Waals surface area contributed by atoms with Crippen molar-refractivity contribution in [2.24, 2.45) is 0 Å². The van der Waals surface area contributed by atoms with Gasteiger partial charge in [0.2, 0.25) is 0 Å². The van der Waals surface area contributed by atoms with Gasteiger partial charge in [-0.1, -0.05) is 18.2 Å². The summed E-state index contributed by atoms with van der Waals surface area (Å²) in [5.74, 6) is 0. The van der Waals surface area contributed by atoms with Gasteiger partial charge in [0.1, 0.15) is 0 Å². The zero-order valence-corrected chi connectivity index (χ0v) is 5.76. The Bertz CT molecular complexity index is 134. The molecular weight excluding hydrogens is 112 g/mol. The molecule has 1 aliphatic carbocycles. The highest BCUT2D eigenvalue weighted by molar-refractivity contribution is 5.24. The Morgan fingerprint density at radius 3 is 3.22 bits per heavy atom. The Hall–Kier alpha value is -0.560. The van der Waals surface area contributed by atoms with Crippen LogP contribution in [0.5, 0.6) is 0 Å². The van der Waals surface area contributed by atoms with Crippen molar-refractivity contribution in [3.8, 4) is 0 Å². The molecule has 1 heteroatoms. The van der Waals surface area contributed by atoms with E-state index in [-0.39, 0.29) is 0 Å². The summed E-state index contributed by atoms with van der Waals surface area (Å²) < 4.78 is 4.89. The fraction of sp³-hybridized carbons (Fsp3) is 0.500. The number of methoxy groups -OCH3 is 1. The van der Waals surface area contributed by atoms with E-state index in [0.29, 0.717) is 0 Å². The van der Waals surface area contributed by atoms with Crippen LogP contribution >= 0.6 is 0 Å². The van der Waals surface area contributed by atoms with Crippen molar-refractivity contribution in [3.05, 3.63) is 23.8 Å². The number of rotatable bonds is 2. The lowest BCUT2D eigenvalue weighted by Gasteiger charge is -1.91. The molecule has 0 spiro atoms. The van der Waals surface area contributed by atoms with Crippen molar-refractivity contribution in [1.82, 2.24) is 0 Å². The summed E-state index contributed by atoms with van der Waals surface area (Å²) in [5, 5.41) is 0. The fourth-order valence-electron chi connectivity index (χ4n) is 0.929. The molecule has 0 aromatic carbocycles. The van der Waals surface area contributed by atoms with Crippen molar-refractivity contribution in [2.45, 2.75) is 12.8 Å². The quantitative estimate of drug-likeness (QED) is 0.546. The maximum absolute atomic E-state index is 4.89. The van der Waals surface area contributed by atoms with Crippen molar-refractivity contribution in [2.75, 3.05) is 13.7 Å². The molecule has 0 N–H and O–H groups in total. The van der Waals surface area contributed by atoms with Crippen LogP contribution in [0.15, 0.2) is 23.8 Å². The minimum Gasteiger partial charge on any atom is -0.381 e. The standard InChI is InChI=1S/C8H12O/c1-9-7-6-8-4-2-3-5-8/h2,4,6H,3,5,7H2,1H3/b8-6+. The topological polar surface area (TPSA) is 9.23 Å². The zero-order valence-electron chi connectivity index (χ0n) is 5.76.